The van der Waals surface area contributed by atoms with Gasteiger partial charge in [-0.05, 0) is 25.0 Å². The fourth-order valence-electron chi connectivity index (χ4n) is 1.96. The maximum absolute atomic E-state index is 4.11. The highest BCUT2D eigenvalue weighted by Gasteiger charge is 2.12. The quantitative estimate of drug-likeness (QED) is 0.867. The molecule has 1 aromatic carbocycles. The van der Waals surface area contributed by atoms with Gasteiger partial charge in [0.05, 0.1) is 17.7 Å². The lowest BCUT2D eigenvalue weighted by Gasteiger charge is -2.23. The first-order valence-corrected chi connectivity index (χ1v) is 6.56. The molecule has 3 heteroatoms. The molecule has 2 unspecified atom stereocenters. The minimum atomic E-state index is 0.458. The number of para-hydroxylation sites is 2. The Balaban J connectivity index is 2.23. The second kappa shape index (κ2) is 5.71. The van der Waals surface area contributed by atoms with Crippen molar-refractivity contribution in [3.8, 4) is 5.69 Å². The number of benzene rings is 1. The molecule has 18 heavy (non-hydrogen) atoms. The molecule has 0 saturated carbocycles. The number of nitrogens with one attached hydrogen (secondary N) is 1. The average Bonchev–Trinajstić information content (AvgIpc) is 2.92. The molecule has 96 valence electrons. The van der Waals surface area contributed by atoms with E-state index >= 15 is 0 Å². The number of imidazole rings is 1. The van der Waals surface area contributed by atoms with E-state index in [1.165, 1.54) is 6.42 Å². The van der Waals surface area contributed by atoms with Crippen LogP contribution in [0.1, 0.15) is 27.2 Å². The molecule has 0 bridgehead atoms. The van der Waals surface area contributed by atoms with Gasteiger partial charge in [-0.15, -0.1) is 0 Å². The first-order valence-electron chi connectivity index (χ1n) is 6.56. The summed E-state index contributed by atoms with van der Waals surface area (Å²) < 4.78 is 2.03. The highest BCUT2D eigenvalue weighted by atomic mass is 15.1. The van der Waals surface area contributed by atoms with E-state index in [9.17, 15) is 0 Å². The van der Waals surface area contributed by atoms with Gasteiger partial charge in [0.15, 0.2) is 0 Å². The molecular formula is C15H21N3. The molecule has 3 nitrogen and oxygen atoms in total. The van der Waals surface area contributed by atoms with Gasteiger partial charge in [-0.2, -0.15) is 0 Å². The molecule has 1 N–H and O–H groups in total. The standard InChI is InChI=1S/C15H21N3/c1-4-12(2)13(3)17-14-7-5-6-8-15(14)18-10-9-16-11-18/h5-13,17H,4H2,1-3H3. The maximum atomic E-state index is 4.11. The van der Waals surface area contributed by atoms with Crippen LogP contribution in [0.25, 0.3) is 5.69 Å². The van der Waals surface area contributed by atoms with Crippen molar-refractivity contribution in [3.05, 3.63) is 43.0 Å². The number of rotatable bonds is 5. The van der Waals surface area contributed by atoms with E-state index in [-0.39, 0.29) is 0 Å². The Labute approximate surface area is 109 Å². The van der Waals surface area contributed by atoms with Crippen LogP contribution in [0.5, 0.6) is 0 Å². The zero-order valence-electron chi connectivity index (χ0n) is 11.3. The summed E-state index contributed by atoms with van der Waals surface area (Å²) in [5.74, 6) is 0.654. The Hall–Kier alpha value is -1.77. The first-order chi connectivity index (χ1) is 8.72. The van der Waals surface area contributed by atoms with Gasteiger partial charge in [0, 0.05) is 18.4 Å². The van der Waals surface area contributed by atoms with Gasteiger partial charge in [0.1, 0.15) is 0 Å². The first kappa shape index (κ1) is 12.7. The molecule has 2 rings (SSSR count). The Bertz CT molecular complexity index is 476. The van der Waals surface area contributed by atoms with Crippen LogP contribution in [0, 0.1) is 5.92 Å². The Morgan fingerprint density at radius 2 is 2.06 bits per heavy atom. The summed E-state index contributed by atoms with van der Waals surface area (Å²) in [6, 6.07) is 8.79. The summed E-state index contributed by atoms with van der Waals surface area (Å²) in [5, 5.41) is 3.60. The molecule has 0 saturated heterocycles. The Morgan fingerprint density at radius 1 is 1.28 bits per heavy atom. The van der Waals surface area contributed by atoms with Crippen LogP contribution in [-0.4, -0.2) is 15.6 Å². The van der Waals surface area contributed by atoms with E-state index in [0.29, 0.717) is 12.0 Å². The van der Waals surface area contributed by atoms with E-state index in [0.717, 1.165) is 11.4 Å². The minimum absolute atomic E-state index is 0.458. The zero-order chi connectivity index (χ0) is 13.0. The van der Waals surface area contributed by atoms with Crippen LogP contribution in [0.2, 0.25) is 0 Å². The SMILES string of the molecule is CCC(C)C(C)Nc1ccccc1-n1ccnc1. The lowest BCUT2D eigenvalue weighted by atomic mass is 10.0. The number of hydrogen-bond acceptors (Lipinski definition) is 2. The van der Waals surface area contributed by atoms with E-state index in [1.54, 1.807) is 6.20 Å². The molecule has 0 aliphatic carbocycles. The van der Waals surface area contributed by atoms with E-state index in [4.69, 9.17) is 0 Å². The van der Waals surface area contributed by atoms with E-state index < -0.39 is 0 Å². The summed E-state index contributed by atoms with van der Waals surface area (Å²) in [6.45, 7) is 6.74. The summed E-state index contributed by atoms with van der Waals surface area (Å²) >= 11 is 0. The van der Waals surface area contributed by atoms with Crippen molar-refractivity contribution in [2.75, 3.05) is 5.32 Å². The van der Waals surface area contributed by atoms with E-state index in [1.807, 2.05) is 17.1 Å². The minimum Gasteiger partial charge on any atom is -0.381 e. The normalized spacial score (nSPS) is 14.2. The van der Waals surface area contributed by atoms with Crippen LogP contribution < -0.4 is 5.32 Å². The van der Waals surface area contributed by atoms with Gasteiger partial charge in [-0.25, -0.2) is 4.98 Å². The van der Waals surface area contributed by atoms with E-state index in [2.05, 4.69) is 55.3 Å². The van der Waals surface area contributed by atoms with Crippen LogP contribution in [0.15, 0.2) is 43.0 Å². The second-order valence-corrected chi connectivity index (χ2v) is 4.81. The molecule has 2 aromatic rings. The van der Waals surface area contributed by atoms with Gasteiger partial charge in [-0.3, -0.25) is 0 Å². The smallest absolute Gasteiger partial charge is 0.0992 e. The van der Waals surface area contributed by atoms with Crippen LogP contribution >= 0.6 is 0 Å². The molecule has 0 radical (unpaired) electrons. The van der Waals surface area contributed by atoms with Crippen molar-refractivity contribution in [2.24, 2.45) is 5.92 Å². The molecule has 0 spiro atoms. The third kappa shape index (κ3) is 2.73. The second-order valence-electron chi connectivity index (χ2n) is 4.81. The predicted octanol–water partition coefficient (Wildman–Crippen LogP) is 3.72. The summed E-state index contributed by atoms with van der Waals surface area (Å²) in [7, 11) is 0. The van der Waals surface area contributed by atoms with Crippen LogP contribution in [0.4, 0.5) is 5.69 Å². The van der Waals surface area contributed by atoms with Crippen molar-refractivity contribution < 1.29 is 0 Å². The van der Waals surface area contributed by atoms with Crippen LogP contribution in [0.3, 0.4) is 0 Å². The molecule has 2 atom stereocenters. The lowest BCUT2D eigenvalue weighted by Crippen LogP contribution is -2.23. The third-order valence-corrected chi connectivity index (χ3v) is 3.57. The van der Waals surface area contributed by atoms with Crippen molar-refractivity contribution in [2.45, 2.75) is 33.2 Å². The Kier molecular flexibility index (Phi) is 4.03. The van der Waals surface area contributed by atoms with Gasteiger partial charge in [0.2, 0.25) is 0 Å². The van der Waals surface area contributed by atoms with Gasteiger partial charge < -0.3 is 9.88 Å². The molecule has 0 fully saturated rings. The fourth-order valence-corrected chi connectivity index (χ4v) is 1.96. The van der Waals surface area contributed by atoms with Crippen molar-refractivity contribution >= 4 is 5.69 Å². The van der Waals surface area contributed by atoms with Gasteiger partial charge in [-0.1, -0.05) is 32.4 Å². The van der Waals surface area contributed by atoms with Gasteiger partial charge in [0.25, 0.3) is 0 Å². The lowest BCUT2D eigenvalue weighted by molar-refractivity contribution is 0.494. The monoisotopic (exact) mass is 243 g/mol. The highest BCUT2D eigenvalue weighted by Crippen LogP contribution is 2.22. The largest absolute Gasteiger partial charge is 0.381 e. The van der Waals surface area contributed by atoms with Crippen molar-refractivity contribution in [1.29, 1.82) is 0 Å². The third-order valence-electron chi connectivity index (χ3n) is 3.57. The topological polar surface area (TPSA) is 29.9 Å². The summed E-state index contributed by atoms with van der Waals surface area (Å²) in [5.41, 5.74) is 2.30. The Morgan fingerprint density at radius 3 is 2.72 bits per heavy atom. The number of aromatic nitrogens is 2. The predicted molar refractivity (Wildman–Crippen MR) is 76.1 cm³/mol. The summed E-state index contributed by atoms with van der Waals surface area (Å²) in [6.07, 6.45) is 6.78. The van der Waals surface area contributed by atoms with Crippen molar-refractivity contribution in [1.82, 2.24) is 9.55 Å². The number of anilines is 1. The van der Waals surface area contributed by atoms with Crippen LogP contribution in [-0.2, 0) is 0 Å². The molecule has 1 heterocycles. The fraction of sp³-hybridized carbons (Fsp3) is 0.400. The molecule has 0 amide bonds. The maximum Gasteiger partial charge on any atom is 0.0992 e. The molecule has 0 aliphatic rings. The molecule has 1 aromatic heterocycles. The average molecular weight is 243 g/mol. The molecular weight excluding hydrogens is 222 g/mol. The summed E-state index contributed by atoms with van der Waals surface area (Å²) in [4.78, 5) is 4.11. The number of hydrogen-bond donors (Lipinski definition) is 1. The van der Waals surface area contributed by atoms with Crippen molar-refractivity contribution in [3.63, 3.8) is 0 Å². The zero-order valence-corrected chi connectivity index (χ0v) is 11.3. The molecule has 0 aliphatic heterocycles. The van der Waals surface area contributed by atoms with Gasteiger partial charge >= 0.3 is 0 Å². The highest BCUT2D eigenvalue weighted by molar-refractivity contribution is 5.61. The number of nitrogens with zero attached hydrogens (tertiary/aromatic N) is 2.